The van der Waals surface area contributed by atoms with Crippen LogP contribution in [0.25, 0.3) is 0 Å². The fraction of sp³-hybridized carbons (Fsp3) is 0.222. The van der Waals surface area contributed by atoms with Gasteiger partial charge in [0.15, 0.2) is 17.2 Å². The van der Waals surface area contributed by atoms with Crippen molar-refractivity contribution < 1.29 is 23.7 Å². The van der Waals surface area contributed by atoms with Crippen LogP contribution in [-0.4, -0.2) is 39.7 Å². The Morgan fingerprint density at radius 1 is 1.07 bits per heavy atom. The van der Waals surface area contributed by atoms with E-state index in [1.54, 1.807) is 31.4 Å². The van der Waals surface area contributed by atoms with Crippen LogP contribution in [0.5, 0.6) is 17.2 Å². The van der Waals surface area contributed by atoms with Crippen LogP contribution in [0.3, 0.4) is 0 Å². The van der Waals surface area contributed by atoms with Crippen molar-refractivity contribution in [2.24, 2.45) is 5.10 Å². The van der Waals surface area contributed by atoms with E-state index in [1.807, 2.05) is 12.1 Å². The summed E-state index contributed by atoms with van der Waals surface area (Å²) in [6.07, 6.45) is 0.696. The number of benzene rings is 2. The lowest BCUT2D eigenvalue weighted by Crippen LogP contribution is -2.16. The van der Waals surface area contributed by atoms with Gasteiger partial charge in [0.05, 0.1) is 30.5 Å². The van der Waals surface area contributed by atoms with Crippen molar-refractivity contribution in [2.45, 2.75) is 0 Å². The number of methoxy groups -OCH3 is 2. The molecule has 0 unspecified atom stereocenters. The zero-order valence-electron chi connectivity index (χ0n) is 14.7. The zero-order valence-corrected chi connectivity index (χ0v) is 16.2. The molecule has 0 aliphatic carbocycles. The molecule has 1 amide bonds. The summed E-state index contributed by atoms with van der Waals surface area (Å²) in [6.45, 7) is 0.508. The van der Waals surface area contributed by atoms with Crippen LogP contribution in [0.1, 0.15) is 5.56 Å². The van der Waals surface area contributed by atoms with Gasteiger partial charge >= 0.3 is 6.09 Å². The highest BCUT2D eigenvalue weighted by Gasteiger charge is 2.10. The monoisotopic (exact) mass is 412 g/mol. The van der Waals surface area contributed by atoms with E-state index < -0.39 is 6.09 Å². The van der Waals surface area contributed by atoms with Crippen LogP contribution in [0.2, 0.25) is 10.0 Å². The van der Waals surface area contributed by atoms with Crippen molar-refractivity contribution in [3.8, 4) is 17.2 Å². The molecule has 0 saturated heterocycles. The van der Waals surface area contributed by atoms with Gasteiger partial charge in [-0.05, 0) is 29.8 Å². The molecular weight excluding hydrogens is 395 g/mol. The maximum absolute atomic E-state index is 10.9. The molecule has 7 nitrogen and oxygen atoms in total. The highest BCUT2D eigenvalue weighted by Crippen LogP contribution is 2.34. The zero-order chi connectivity index (χ0) is 19.6. The summed E-state index contributed by atoms with van der Waals surface area (Å²) in [5.41, 5.74) is 2.75. The number of amides is 1. The Kier molecular flexibility index (Phi) is 8.03. The maximum Gasteiger partial charge on any atom is 0.427 e. The first-order chi connectivity index (χ1) is 13.0. The Labute approximate surface area is 166 Å². The normalized spacial score (nSPS) is 10.5. The molecule has 0 atom stereocenters. The number of ether oxygens (including phenoxy) is 4. The number of carbonyl (C=O) groups excluding carboxylic acids is 1. The minimum absolute atomic E-state index is 0.231. The predicted octanol–water partition coefficient (Wildman–Crippen LogP) is 4.15. The van der Waals surface area contributed by atoms with Crippen molar-refractivity contribution in [2.75, 3.05) is 27.4 Å². The predicted molar refractivity (Wildman–Crippen MR) is 104 cm³/mol. The second-order valence-corrected chi connectivity index (χ2v) is 5.84. The maximum atomic E-state index is 10.9. The van der Waals surface area contributed by atoms with Gasteiger partial charge in [-0.15, -0.1) is 0 Å². The van der Waals surface area contributed by atoms with E-state index in [-0.39, 0.29) is 13.2 Å². The minimum atomic E-state index is -0.682. The Morgan fingerprint density at radius 2 is 1.70 bits per heavy atom. The summed E-state index contributed by atoms with van der Waals surface area (Å²) in [5.74, 6) is 1.59. The molecule has 9 heteroatoms. The van der Waals surface area contributed by atoms with Crippen LogP contribution >= 0.6 is 23.2 Å². The highest BCUT2D eigenvalue weighted by molar-refractivity contribution is 6.37. The molecule has 0 saturated carbocycles. The molecule has 0 aromatic heterocycles. The van der Waals surface area contributed by atoms with E-state index in [0.29, 0.717) is 32.9 Å². The number of nitrogens with one attached hydrogen (secondary N) is 1. The molecule has 0 bridgehead atoms. The first kappa shape index (κ1) is 20.7. The van der Waals surface area contributed by atoms with Gasteiger partial charge < -0.3 is 18.9 Å². The summed E-state index contributed by atoms with van der Waals surface area (Å²) in [6, 6.07) is 10.5. The van der Waals surface area contributed by atoms with Gasteiger partial charge in [0.25, 0.3) is 0 Å². The molecule has 2 aromatic carbocycles. The van der Waals surface area contributed by atoms with E-state index in [9.17, 15) is 4.79 Å². The molecule has 0 aliphatic rings. The summed E-state index contributed by atoms with van der Waals surface area (Å²) < 4.78 is 20.9. The van der Waals surface area contributed by atoms with Crippen LogP contribution < -0.4 is 19.6 Å². The fourth-order valence-electron chi connectivity index (χ4n) is 2.03. The van der Waals surface area contributed by atoms with Crippen LogP contribution in [0, 0.1) is 0 Å². The average molecular weight is 413 g/mol. The molecule has 1 N–H and O–H groups in total. The first-order valence-corrected chi connectivity index (χ1v) is 8.55. The lowest BCUT2D eigenvalue weighted by molar-refractivity contribution is 0.171. The van der Waals surface area contributed by atoms with E-state index >= 15 is 0 Å². The van der Waals surface area contributed by atoms with Gasteiger partial charge in [0.1, 0.15) is 13.2 Å². The number of para-hydroxylation sites is 2. The number of hydrazone groups is 1. The molecule has 2 rings (SSSR count). The average Bonchev–Trinajstić information content (AvgIpc) is 2.67. The smallest absolute Gasteiger partial charge is 0.427 e. The van der Waals surface area contributed by atoms with Crippen molar-refractivity contribution in [1.29, 1.82) is 0 Å². The standard InChI is InChI=1S/C18H18Cl2N2O5/c1-24-15-5-3-4-6-16(15)26-7-8-27-17-13(19)9-12(10-14(17)20)11-21-22-18(23)25-2/h3-6,9-11H,7-8H2,1-2H3,(H,22,23)/b21-11+. The minimum Gasteiger partial charge on any atom is -0.493 e. The van der Waals surface area contributed by atoms with E-state index in [1.165, 1.54) is 13.3 Å². The molecule has 2 aromatic rings. The molecule has 144 valence electrons. The van der Waals surface area contributed by atoms with Gasteiger partial charge in [-0.1, -0.05) is 35.3 Å². The van der Waals surface area contributed by atoms with Crippen molar-refractivity contribution in [1.82, 2.24) is 5.43 Å². The van der Waals surface area contributed by atoms with Gasteiger partial charge in [0.2, 0.25) is 0 Å². The van der Waals surface area contributed by atoms with Gasteiger partial charge in [0, 0.05) is 0 Å². The third-order valence-electron chi connectivity index (χ3n) is 3.23. The van der Waals surface area contributed by atoms with Crippen molar-refractivity contribution >= 4 is 35.5 Å². The number of rotatable bonds is 8. The summed E-state index contributed by atoms with van der Waals surface area (Å²) in [4.78, 5) is 10.9. The molecular formula is C18H18Cl2N2O5. The Hall–Kier alpha value is -2.64. The number of hydrogen-bond donors (Lipinski definition) is 1. The van der Waals surface area contributed by atoms with Gasteiger partial charge in [-0.3, -0.25) is 0 Å². The van der Waals surface area contributed by atoms with Gasteiger partial charge in [-0.25, -0.2) is 10.2 Å². The largest absolute Gasteiger partial charge is 0.493 e. The highest BCUT2D eigenvalue weighted by atomic mass is 35.5. The van der Waals surface area contributed by atoms with Crippen LogP contribution in [-0.2, 0) is 4.74 Å². The third kappa shape index (κ3) is 6.23. The lowest BCUT2D eigenvalue weighted by Gasteiger charge is -2.13. The number of nitrogens with zero attached hydrogens (tertiary/aromatic N) is 1. The van der Waals surface area contributed by atoms with E-state index in [4.69, 9.17) is 37.4 Å². The van der Waals surface area contributed by atoms with Crippen LogP contribution in [0.4, 0.5) is 4.79 Å². The van der Waals surface area contributed by atoms with Crippen molar-refractivity contribution in [3.63, 3.8) is 0 Å². The molecule has 0 heterocycles. The Morgan fingerprint density at radius 3 is 2.33 bits per heavy atom. The molecule has 0 aliphatic heterocycles. The Balaban J connectivity index is 1.92. The fourth-order valence-corrected chi connectivity index (χ4v) is 2.64. The third-order valence-corrected chi connectivity index (χ3v) is 3.79. The number of halogens is 2. The SMILES string of the molecule is COC(=O)N/N=C/c1cc(Cl)c(OCCOc2ccccc2OC)c(Cl)c1. The summed E-state index contributed by atoms with van der Waals surface area (Å²) in [7, 11) is 2.81. The topological polar surface area (TPSA) is 78.4 Å². The first-order valence-electron chi connectivity index (χ1n) is 7.79. The van der Waals surface area contributed by atoms with Gasteiger partial charge in [-0.2, -0.15) is 5.10 Å². The molecule has 0 spiro atoms. The number of carbonyl (C=O) groups is 1. The van der Waals surface area contributed by atoms with E-state index in [2.05, 4.69) is 15.3 Å². The molecule has 27 heavy (non-hydrogen) atoms. The van der Waals surface area contributed by atoms with Crippen LogP contribution in [0.15, 0.2) is 41.5 Å². The quantitative estimate of drug-likeness (QED) is 0.400. The second-order valence-electron chi connectivity index (χ2n) is 5.02. The molecule has 0 fully saturated rings. The van der Waals surface area contributed by atoms with E-state index in [0.717, 1.165) is 0 Å². The Bertz CT molecular complexity index is 791. The summed E-state index contributed by atoms with van der Waals surface area (Å²) >= 11 is 12.4. The second kappa shape index (κ2) is 10.5. The number of hydrogen-bond acceptors (Lipinski definition) is 6. The lowest BCUT2D eigenvalue weighted by atomic mass is 10.2. The molecule has 0 radical (unpaired) electrons. The van der Waals surface area contributed by atoms with Crippen molar-refractivity contribution in [3.05, 3.63) is 52.0 Å². The summed E-state index contributed by atoms with van der Waals surface area (Å²) in [5, 5.41) is 4.32.